The smallest absolute Gasteiger partial charge is 0.225 e. The Labute approximate surface area is 573 Å². The van der Waals surface area contributed by atoms with Crippen LogP contribution in [0.2, 0.25) is 0 Å². The van der Waals surface area contributed by atoms with E-state index in [4.69, 9.17) is 80.5 Å². The first-order chi connectivity index (χ1) is 43.1. The van der Waals surface area contributed by atoms with E-state index in [2.05, 4.69) is 156 Å². The van der Waals surface area contributed by atoms with Crippen molar-refractivity contribution in [3.8, 4) is 52.1 Å². The molecule has 0 spiro atoms. The van der Waals surface area contributed by atoms with Gasteiger partial charge in [-0.15, -0.1) is 0 Å². The fourth-order valence-electron chi connectivity index (χ4n) is 8.19. The number of benzene rings is 4. The van der Waals surface area contributed by atoms with Gasteiger partial charge in [0.2, 0.25) is 17.7 Å². The summed E-state index contributed by atoms with van der Waals surface area (Å²) in [6, 6.07) is 22.6. The summed E-state index contributed by atoms with van der Waals surface area (Å²) in [5.74, 6) is 6.06. The zero-order chi connectivity index (χ0) is 67.2. The Morgan fingerprint density at radius 3 is 1.47 bits per heavy atom. The molecule has 13 N–H and O–H groups in total. The van der Waals surface area contributed by atoms with Crippen LogP contribution < -0.4 is 67.3 Å². The summed E-state index contributed by atoms with van der Waals surface area (Å²) >= 11 is 6.59. The Hall–Kier alpha value is -6.71. The van der Waals surface area contributed by atoms with Crippen molar-refractivity contribution in [3.05, 3.63) is 118 Å². The molecule has 0 unspecified atom stereocenters. The van der Waals surface area contributed by atoms with Gasteiger partial charge in [-0.05, 0) is 162 Å². The molecular formula is C63H84I3N13O12. The Morgan fingerprint density at radius 1 is 0.648 bits per heavy atom. The molecule has 2 saturated heterocycles. The van der Waals surface area contributed by atoms with Gasteiger partial charge in [0.05, 0.1) is 102 Å². The summed E-state index contributed by atoms with van der Waals surface area (Å²) in [5, 5.41) is 36.6. The van der Waals surface area contributed by atoms with E-state index in [1.54, 1.807) is 33.7 Å². The third-order valence-corrected chi connectivity index (χ3v) is 15.7. The van der Waals surface area contributed by atoms with Crippen molar-refractivity contribution in [1.29, 1.82) is 5.26 Å². The standard InChI is InChI=1S/C20H27IN4O4.C19H19IN2O2.C17H23IN4O4.C7H15N3O2/c1-11(2)13-6-16(26-5)14(21)7-15(13)29-17-8-23-19(25-18(17)22)24-12-9-27-20(3,4)28-10-12;1-13(2)16-9-19(23-3)17(20)10-18(16)24-15(11-21)12-22-14-7-5-4-6-8-14;1-9(2)11-4-14(25-3)12(18)5-13(11)26-15-6-20-17(22-16(15)19)21-10(7-23)8-24;1-7(2)11-3-5(4-12-7)10-6(8)9/h6-8,11-12H,9-10H2,1-5H3,(H3,22,23,24,25);4-10,12-13,22H,1-3H3;4-6,9-10,23-24H,7-8H2,1-3H3,(H3,19,20,21,22);5H,3-4H2,1-2H3,(H4,8,9,10)/b;15-12+;;. The molecule has 494 valence electrons. The number of hydrogen-bond acceptors (Lipinski definition) is 23. The van der Waals surface area contributed by atoms with Gasteiger partial charge in [-0.2, -0.15) is 15.2 Å². The van der Waals surface area contributed by atoms with Crippen LogP contribution in [0, 0.1) is 22.0 Å². The van der Waals surface area contributed by atoms with E-state index in [0.717, 1.165) is 50.3 Å². The minimum atomic E-state index is -0.570. The van der Waals surface area contributed by atoms with Gasteiger partial charge in [0.1, 0.15) is 46.6 Å². The highest BCUT2D eigenvalue weighted by Crippen LogP contribution is 2.40. The molecule has 2 fully saturated rings. The van der Waals surface area contributed by atoms with Gasteiger partial charge in [-0.3, -0.25) is 0 Å². The third-order valence-electron chi connectivity index (χ3n) is 13.1. The molecule has 0 saturated carbocycles. The number of nitrogens with one attached hydrogen (secondary N) is 3. The Bertz CT molecular complexity index is 3400. The monoisotopic (exact) mass is 1600 g/mol. The Morgan fingerprint density at radius 2 is 1.07 bits per heavy atom. The molecule has 0 bridgehead atoms. The number of rotatable bonds is 21. The van der Waals surface area contributed by atoms with Crippen LogP contribution in [0.5, 0.6) is 46.0 Å². The van der Waals surface area contributed by atoms with Gasteiger partial charge in [-0.25, -0.2) is 15.0 Å². The predicted molar refractivity (Wildman–Crippen MR) is 377 cm³/mol. The molecule has 6 aromatic rings. The number of nitrogen functional groups attached to an aromatic ring is 2. The van der Waals surface area contributed by atoms with Crippen molar-refractivity contribution in [3.63, 3.8) is 0 Å². The predicted octanol–water partition coefficient (Wildman–Crippen LogP) is 11.2. The summed E-state index contributed by atoms with van der Waals surface area (Å²) in [4.78, 5) is 20.8. The van der Waals surface area contributed by atoms with E-state index in [1.807, 2.05) is 94.4 Å². The second-order valence-corrected chi connectivity index (χ2v) is 25.6. The van der Waals surface area contributed by atoms with Gasteiger partial charge in [0.15, 0.2) is 40.7 Å². The highest BCUT2D eigenvalue weighted by molar-refractivity contribution is 14.1. The number of aliphatic imine (C=N–C) groups is 1. The van der Waals surface area contributed by atoms with Crippen molar-refractivity contribution < 1.29 is 57.6 Å². The van der Waals surface area contributed by atoms with E-state index in [9.17, 15) is 5.26 Å². The van der Waals surface area contributed by atoms with Crippen LogP contribution >= 0.6 is 67.8 Å². The summed E-state index contributed by atoms with van der Waals surface area (Å²) in [6.07, 6.45) is 4.59. The van der Waals surface area contributed by atoms with Crippen LogP contribution in [0.3, 0.4) is 0 Å². The fraction of sp³-hybridized carbons (Fsp3) is 0.429. The molecule has 4 aromatic carbocycles. The van der Waals surface area contributed by atoms with Crippen molar-refractivity contribution in [2.75, 3.05) is 88.4 Å². The zero-order valence-electron chi connectivity index (χ0n) is 53.4. The maximum Gasteiger partial charge on any atom is 0.225 e. The first-order valence-electron chi connectivity index (χ1n) is 28.8. The number of para-hydroxylation sites is 1. The zero-order valence-corrected chi connectivity index (χ0v) is 59.9. The average Bonchev–Trinajstić information content (AvgIpc) is 1.52. The van der Waals surface area contributed by atoms with Gasteiger partial charge < -0.3 is 96.5 Å². The first kappa shape index (κ1) is 75.0. The SMILES string of the molecule is CC1(C)OCC(N=C(N)N)CO1.COc1cc(C(C)C)c(O/C(C#N)=C/Nc2ccccc2)cc1I.COc1cc(C(C)C)c(Oc2cnc(NC(CO)CO)nc2N)cc1I.COc1cc(C(C)C)c(Oc2cnc(NC3COC(C)(C)OC3)nc2N)cc1I. The average molecular weight is 1600 g/mol. The quantitative estimate of drug-likeness (QED) is 0.0106. The molecule has 2 aliphatic rings. The summed E-state index contributed by atoms with van der Waals surface area (Å²) in [6.45, 7) is 21.5. The number of guanidine groups is 1. The van der Waals surface area contributed by atoms with Crippen LogP contribution in [0.1, 0.15) is 104 Å². The number of aliphatic hydroxyl groups excluding tert-OH is 2. The lowest BCUT2D eigenvalue weighted by molar-refractivity contribution is -0.249. The highest BCUT2D eigenvalue weighted by atomic mass is 127. The van der Waals surface area contributed by atoms with Gasteiger partial charge >= 0.3 is 0 Å². The summed E-state index contributed by atoms with van der Waals surface area (Å²) in [5.41, 5.74) is 26.4. The molecule has 0 aliphatic carbocycles. The molecule has 91 heavy (non-hydrogen) atoms. The largest absolute Gasteiger partial charge is 0.496 e. The van der Waals surface area contributed by atoms with E-state index >= 15 is 0 Å². The number of allylic oxidation sites excluding steroid dienone is 1. The second-order valence-electron chi connectivity index (χ2n) is 22.2. The van der Waals surface area contributed by atoms with Crippen molar-refractivity contribution in [2.45, 2.75) is 117 Å². The number of nitrogens with zero attached hydrogens (tertiary/aromatic N) is 6. The minimum absolute atomic E-state index is 0.0510. The molecule has 0 atom stereocenters. The van der Waals surface area contributed by atoms with E-state index in [-0.39, 0.29) is 72.4 Å². The van der Waals surface area contributed by atoms with E-state index < -0.39 is 17.6 Å². The van der Waals surface area contributed by atoms with Crippen LogP contribution in [-0.2, 0) is 18.9 Å². The van der Waals surface area contributed by atoms with Crippen molar-refractivity contribution in [1.82, 2.24) is 19.9 Å². The number of aromatic nitrogens is 4. The molecule has 28 heteroatoms. The molecule has 8 rings (SSSR count). The van der Waals surface area contributed by atoms with Crippen LogP contribution in [0.15, 0.2) is 96.1 Å². The molecule has 2 aromatic heterocycles. The number of ether oxygens (including phenoxy) is 10. The van der Waals surface area contributed by atoms with Crippen LogP contribution in [0.25, 0.3) is 0 Å². The summed E-state index contributed by atoms with van der Waals surface area (Å²) < 4.78 is 58.8. The molecular weight excluding hydrogens is 1510 g/mol. The highest BCUT2D eigenvalue weighted by Gasteiger charge is 2.30. The number of aliphatic hydroxyl groups is 2. The Balaban J connectivity index is 0.000000228. The molecule has 25 nitrogen and oxygen atoms in total. The van der Waals surface area contributed by atoms with E-state index in [0.29, 0.717) is 61.1 Å². The number of nitrogens with two attached hydrogens (primary N) is 4. The molecule has 0 radical (unpaired) electrons. The lowest BCUT2D eigenvalue weighted by Gasteiger charge is -2.35. The van der Waals surface area contributed by atoms with Crippen molar-refractivity contribution >= 4 is 103 Å². The number of nitriles is 1. The Kier molecular flexibility index (Phi) is 29.6. The normalized spacial score (nSPS) is 14.5. The maximum atomic E-state index is 9.36. The third kappa shape index (κ3) is 23.7. The minimum Gasteiger partial charge on any atom is -0.496 e. The number of halogens is 3. The second kappa shape index (κ2) is 35.9. The number of hydrogen-bond donors (Lipinski definition) is 9. The molecule has 0 amide bonds. The number of anilines is 5. The van der Waals surface area contributed by atoms with Gasteiger partial charge in [-0.1, -0.05) is 59.7 Å². The van der Waals surface area contributed by atoms with Gasteiger partial charge in [0.25, 0.3) is 0 Å². The maximum absolute atomic E-state index is 9.36. The summed E-state index contributed by atoms with van der Waals surface area (Å²) in [7, 11) is 4.93. The first-order valence-corrected chi connectivity index (χ1v) is 32.1. The lowest BCUT2D eigenvalue weighted by atomic mass is 10.0. The van der Waals surface area contributed by atoms with Crippen LogP contribution in [0.4, 0.5) is 29.2 Å². The van der Waals surface area contributed by atoms with Gasteiger partial charge in [0, 0.05) is 22.4 Å². The topological polar surface area (TPSA) is 361 Å². The molecule has 2 aliphatic heterocycles. The lowest BCUT2D eigenvalue weighted by Crippen LogP contribution is -2.45. The van der Waals surface area contributed by atoms with Crippen molar-refractivity contribution in [2.24, 2.45) is 16.5 Å². The number of methoxy groups -OCH3 is 3. The van der Waals surface area contributed by atoms with Crippen LogP contribution in [-0.4, -0.2) is 127 Å². The molecule has 4 heterocycles. The van der Waals surface area contributed by atoms with E-state index in [1.165, 1.54) is 6.20 Å². The fourth-order valence-corrected chi connectivity index (χ4v) is 10.2.